The van der Waals surface area contributed by atoms with Gasteiger partial charge >= 0.3 is 5.97 Å². The maximum atomic E-state index is 10.8. The van der Waals surface area contributed by atoms with Crippen LogP contribution in [0.1, 0.15) is 21.7 Å². The minimum atomic E-state index is -0.938. The Morgan fingerprint density at radius 1 is 1.53 bits per heavy atom. The SMILES string of the molecule is Cc1c(CN)oc2ccc(C(=O)O)cc12. The number of benzene rings is 1. The molecule has 1 aromatic heterocycles. The molecule has 4 heteroatoms. The summed E-state index contributed by atoms with van der Waals surface area (Å²) in [5, 5.41) is 9.66. The second-order valence-electron chi connectivity index (χ2n) is 3.37. The summed E-state index contributed by atoms with van der Waals surface area (Å²) in [5.74, 6) is -0.237. The maximum absolute atomic E-state index is 10.8. The Balaban J connectivity index is 2.70. The van der Waals surface area contributed by atoms with Gasteiger partial charge in [0, 0.05) is 5.39 Å². The zero-order valence-corrected chi connectivity index (χ0v) is 8.28. The van der Waals surface area contributed by atoms with Crippen molar-refractivity contribution in [3.63, 3.8) is 0 Å². The zero-order chi connectivity index (χ0) is 11.0. The predicted molar refractivity (Wildman–Crippen MR) is 55.8 cm³/mol. The van der Waals surface area contributed by atoms with Gasteiger partial charge in [-0.3, -0.25) is 0 Å². The number of carboxylic acid groups (broad SMARTS) is 1. The van der Waals surface area contributed by atoms with E-state index in [0.717, 1.165) is 10.9 Å². The van der Waals surface area contributed by atoms with Gasteiger partial charge in [-0.1, -0.05) is 0 Å². The third kappa shape index (κ3) is 1.49. The number of carbonyl (C=O) groups is 1. The summed E-state index contributed by atoms with van der Waals surface area (Å²) in [5.41, 5.74) is 7.35. The van der Waals surface area contributed by atoms with Crippen molar-refractivity contribution in [1.82, 2.24) is 0 Å². The first-order valence-electron chi connectivity index (χ1n) is 4.59. The normalized spacial score (nSPS) is 10.8. The van der Waals surface area contributed by atoms with Crippen molar-refractivity contribution in [2.75, 3.05) is 0 Å². The van der Waals surface area contributed by atoms with Crippen molar-refractivity contribution >= 4 is 16.9 Å². The highest BCUT2D eigenvalue weighted by Crippen LogP contribution is 2.25. The Morgan fingerprint density at radius 2 is 2.27 bits per heavy atom. The number of hydrogen-bond donors (Lipinski definition) is 2. The van der Waals surface area contributed by atoms with Crippen LogP contribution in [0.3, 0.4) is 0 Å². The fraction of sp³-hybridized carbons (Fsp3) is 0.182. The van der Waals surface area contributed by atoms with E-state index in [0.29, 0.717) is 17.9 Å². The van der Waals surface area contributed by atoms with E-state index in [1.54, 1.807) is 12.1 Å². The van der Waals surface area contributed by atoms with Crippen LogP contribution in [-0.2, 0) is 6.54 Å². The van der Waals surface area contributed by atoms with Gasteiger partial charge in [-0.2, -0.15) is 0 Å². The van der Waals surface area contributed by atoms with E-state index in [2.05, 4.69) is 0 Å². The largest absolute Gasteiger partial charge is 0.478 e. The van der Waals surface area contributed by atoms with Crippen LogP contribution in [0.25, 0.3) is 11.0 Å². The summed E-state index contributed by atoms with van der Waals surface area (Å²) >= 11 is 0. The number of rotatable bonds is 2. The Morgan fingerprint density at radius 3 is 2.87 bits per heavy atom. The molecule has 0 unspecified atom stereocenters. The van der Waals surface area contributed by atoms with Crippen LogP contribution in [-0.4, -0.2) is 11.1 Å². The standard InChI is InChI=1S/C11H11NO3/c1-6-8-4-7(11(13)14)2-3-9(8)15-10(6)5-12/h2-4H,5,12H2,1H3,(H,13,14). The molecule has 1 aromatic carbocycles. The maximum Gasteiger partial charge on any atom is 0.335 e. The lowest BCUT2D eigenvalue weighted by atomic mass is 10.1. The van der Waals surface area contributed by atoms with Crippen LogP contribution in [0.15, 0.2) is 22.6 Å². The quantitative estimate of drug-likeness (QED) is 0.784. The lowest BCUT2D eigenvalue weighted by Gasteiger charge is -1.94. The van der Waals surface area contributed by atoms with Gasteiger partial charge in [0.2, 0.25) is 0 Å². The van der Waals surface area contributed by atoms with Gasteiger partial charge in [-0.05, 0) is 30.7 Å². The fourth-order valence-electron chi connectivity index (χ4n) is 1.60. The lowest BCUT2D eigenvalue weighted by molar-refractivity contribution is 0.0697. The van der Waals surface area contributed by atoms with Gasteiger partial charge in [0.05, 0.1) is 12.1 Å². The summed E-state index contributed by atoms with van der Waals surface area (Å²) in [4.78, 5) is 10.8. The van der Waals surface area contributed by atoms with Crippen LogP contribution >= 0.6 is 0 Å². The Hall–Kier alpha value is -1.81. The van der Waals surface area contributed by atoms with Crippen LogP contribution in [0, 0.1) is 6.92 Å². The molecule has 0 spiro atoms. The lowest BCUT2D eigenvalue weighted by Crippen LogP contribution is -1.96. The van der Waals surface area contributed by atoms with Crippen molar-refractivity contribution < 1.29 is 14.3 Å². The number of hydrogen-bond acceptors (Lipinski definition) is 3. The molecule has 2 aromatic rings. The van der Waals surface area contributed by atoms with E-state index in [9.17, 15) is 4.79 Å². The molecule has 0 fully saturated rings. The van der Waals surface area contributed by atoms with Crippen molar-refractivity contribution in [3.8, 4) is 0 Å². The summed E-state index contributed by atoms with van der Waals surface area (Å²) in [6.45, 7) is 2.20. The summed E-state index contributed by atoms with van der Waals surface area (Å²) in [6.07, 6.45) is 0. The van der Waals surface area contributed by atoms with E-state index in [-0.39, 0.29) is 5.56 Å². The van der Waals surface area contributed by atoms with E-state index >= 15 is 0 Å². The minimum absolute atomic E-state index is 0.259. The molecule has 3 N–H and O–H groups in total. The molecule has 0 aliphatic carbocycles. The van der Waals surface area contributed by atoms with Crippen LogP contribution in [0.2, 0.25) is 0 Å². The minimum Gasteiger partial charge on any atom is -0.478 e. The summed E-state index contributed by atoms with van der Waals surface area (Å²) in [6, 6.07) is 4.79. The van der Waals surface area contributed by atoms with Gasteiger partial charge in [0.25, 0.3) is 0 Å². The van der Waals surface area contributed by atoms with Gasteiger partial charge in [-0.25, -0.2) is 4.79 Å². The van der Waals surface area contributed by atoms with E-state index in [4.69, 9.17) is 15.3 Å². The number of carboxylic acids is 1. The van der Waals surface area contributed by atoms with E-state index in [1.165, 1.54) is 6.07 Å². The number of aromatic carboxylic acids is 1. The highest BCUT2D eigenvalue weighted by Gasteiger charge is 2.11. The number of furan rings is 1. The number of fused-ring (bicyclic) bond motifs is 1. The average Bonchev–Trinajstić information content (AvgIpc) is 2.55. The third-order valence-corrected chi connectivity index (χ3v) is 2.47. The van der Waals surface area contributed by atoms with Gasteiger partial charge in [0.15, 0.2) is 0 Å². The molecule has 0 bridgehead atoms. The first-order valence-corrected chi connectivity index (χ1v) is 4.59. The molecule has 1 heterocycles. The topological polar surface area (TPSA) is 76.5 Å². The van der Waals surface area contributed by atoms with E-state index in [1.807, 2.05) is 6.92 Å². The molecule has 4 nitrogen and oxygen atoms in total. The molecular formula is C11H11NO3. The van der Waals surface area contributed by atoms with Crippen LogP contribution < -0.4 is 5.73 Å². The molecule has 0 aliphatic rings. The van der Waals surface area contributed by atoms with Crippen molar-refractivity contribution in [3.05, 3.63) is 35.1 Å². The van der Waals surface area contributed by atoms with Gasteiger partial charge in [-0.15, -0.1) is 0 Å². The molecule has 78 valence electrons. The van der Waals surface area contributed by atoms with Crippen molar-refractivity contribution in [1.29, 1.82) is 0 Å². The Labute approximate surface area is 86.3 Å². The highest BCUT2D eigenvalue weighted by atomic mass is 16.4. The second kappa shape index (κ2) is 3.40. The first-order chi connectivity index (χ1) is 7.13. The second-order valence-corrected chi connectivity index (χ2v) is 3.37. The molecule has 0 saturated heterocycles. The molecule has 0 atom stereocenters. The highest BCUT2D eigenvalue weighted by molar-refractivity contribution is 5.94. The first kappa shape index (κ1) is 9.73. The summed E-state index contributed by atoms with van der Waals surface area (Å²) < 4.78 is 5.46. The van der Waals surface area contributed by atoms with E-state index < -0.39 is 5.97 Å². The Bertz CT molecular complexity index is 528. The molecule has 0 saturated carbocycles. The zero-order valence-electron chi connectivity index (χ0n) is 8.28. The molecule has 2 rings (SSSR count). The predicted octanol–water partition coefficient (Wildman–Crippen LogP) is 1.90. The smallest absolute Gasteiger partial charge is 0.335 e. The Kier molecular flexibility index (Phi) is 2.21. The summed E-state index contributed by atoms with van der Waals surface area (Å²) in [7, 11) is 0. The van der Waals surface area contributed by atoms with Crippen molar-refractivity contribution in [2.24, 2.45) is 5.73 Å². The van der Waals surface area contributed by atoms with Gasteiger partial charge in [0.1, 0.15) is 11.3 Å². The molecule has 0 aliphatic heterocycles. The monoisotopic (exact) mass is 205 g/mol. The van der Waals surface area contributed by atoms with Crippen LogP contribution in [0.4, 0.5) is 0 Å². The number of nitrogens with two attached hydrogens (primary N) is 1. The number of aryl methyl sites for hydroxylation is 1. The molecule has 15 heavy (non-hydrogen) atoms. The molecule has 0 radical (unpaired) electrons. The van der Waals surface area contributed by atoms with Crippen LogP contribution in [0.5, 0.6) is 0 Å². The fourth-order valence-corrected chi connectivity index (χ4v) is 1.60. The molecule has 0 amide bonds. The van der Waals surface area contributed by atoms with Crippen molar-refractivity contribution in [2.45, 2.75) is 13.5 Å². The average molecular weight is 205 g/mol. The third-order valence-electron chi connectivity index (χ3n) is 2.47. The van der Waals surface area contributed by atoms with Gasteiger partial charge < -0.3 is 15.3 Å². The molecular weight excluding hydrogens is 194 g/mol.